The highest BCUT2D eigenvalue weighted by Crippen LogP contribution is 2.18. The quantitative estimate of drug-likeness (QED) is 0.700. The number of hydrogen-bond acceptors (Lipinski definition) is 2. The van der Waals surface area contributed by atoms with Crippen molar-refractivity contribution < 1.29 is 4.79 Å². The summed E-state index contributed by atoms with van der Waals surface area (Å²) >= 11 is 0. The second kappa shape index (κ2) is 6.11. The lowest BCUT2D eigenvalue weighted by Crippen LogP contribution is -2.36. The number of unbranched alkanes of at least 4 members (excludes halogenated alkanes) is 2. The van der Waals surface area contributed by atoms with E-state index in [9.17, 15) is 4.79 Å². The second-order valence-electron chi connectivity index (χ2n) is 4.71. The smallest absolute Gasteiger partial charge is 0.227 e. The third-order valence-corrected chi connectivity index (χ3v) is 3.31. The first-order chi connectivity index (χ1) is 7.16. The Morgan fingerprint density at radius 3 is 2.67 bits per heavy atom. The molecule has 0 saturated carbocycles. The molecule has 0 aromatic heterocycles. The molecule has 15 heavy (non-hydrogen) atoms. The van der Waals surface area contributed by atoms with Gasteiger partial charge in [-0.3, -0.25) is 4.79 Å². The lowest BCUT2D eigenvalue weighted by atomic mass is 9.97. The number of carbonyl (C=O) groups excluding carboxylic acids is 1. The molecule has 0 bridgehead atoms. The van der Waals surface area contributed by atoms with E-state index >= 15 is 0 Å². The average Bonchev–Trinajstić information content (AvgIpc) is 2.63. The third kappa shape index (κ3) is 3.49. The van der Waals surface area contributed by atoms with E-state index in [0.717, 1.165) is 26.1 Å². The van der Waals surface area contributed by atoms with Gasteiger partial charge in [0.1, 0.15) is 0 Å². The van der Waals surface area contributed by atoms with Crippen LogP contribution in [0.3, 0.4) is 0 Å². The average molecular weight is 212 g/mol. The van der Waals surface area contributed by atoms with E-state index in [1.807, 2.05) is 11.9 Å². The lowest BCUT2D eigenvalue weighted by Gasteiger charge is -2.22. The largest absolute Gasteiger partial charge is 0.345 e. The summed E-state index contributed by atoms with van der Waals surface area (Å²) in [4.78, 5) is 13.9. The molecule has 1 heterocycles. The van der Waals surface area contributed by atoms with Crippen LogP contribution in [0.15, 0.2) is 0 Å². The molecule has 1 fully saturated rings. The minimum absolute atomic E-state index is 0.205. The minimum Gasteiger partial charge on any atom is -0.345 e. The first-order valence-corrected chi connectivity index (χ1v) is 6.12. The Kier molecular flexibility index (Phi) is 5.09. The summed E-state index contributed by atoms with van der Waals surface area (Å²) in [5.74, 6) is 1.02. The zero-order valence-corrected chi connectivity index (χ0v) is 10.3. The van der Waals surface area contributed by atoms with Gasteiger partial charge in [0.25, 0.3) is 0 Å². The summed E-state index contributed by atoms with van der Waals surface area (Å²) in [6.07, 6.45) is 3.56. The fraction of sp³-hybridized carbons (Fsp3) is 0.917. The van der Waals surface area contributed by atoms with Crippen molar-refractivity contribution >= 4 is 5.91 Å². The molecular formula is C12H24N2O. The van der Waals surface area contributed by atoms with Gasteiger partial charge in [0.15, 0.2) is 0 Å². The molecule has 1 aliphatic rings. The highest BCUT2D eigenvalue weighted by Gasteiger charge is 2.31. The van der Waals surface area contributed by atoms with Crippen molar-refractivity contribution in [1.82, 2.24) is 10.2 Å². The van der Waals surface area contributed by atoms with Gasteiger partial charge in [-0.25, -0.2) is 0 Å². The number of amides is 1. The van der Waals surface area contributed by atoms with Crippen molar-refractivity contribution in [1.29, 1.82) is 0 Å². The van der Waals surface area contributed by atoms with E-state index in [1.54, 1.807) is 0 Å². The predicted octanol–water partition coefficient (Wildman–Crippen LogP) is 1.49. The normalized spacial score (nSPS) is 25.5. The van der Waals surface area contributed by atoms with Gasteiger partial charge in [-0.15, -0.1) is 0 Å². The summed E-state index contributed by atoms with van der Waals surface area (Å²) in [6, 6.07) is 0. The number of nitrogens with zero attached hydrogens (tertiary/aromatic N) is 1. The standard InChI is InChI=1S/C12H24N2O/c1-4-5-6-7-14(3)12(15)11-9-13-8-10(11)2/h10-11,13H,4-9H2,1-3H3. The first-order valence-electron chi connectivity index (χ1n) is 6.12. The molecule has 88 valence electrons. The summed E-state index contributed by atoms with van der Waals surface area (Å²) < 4.78 is 0. The Balaban J connectivity index is 2.31. The van der Waals surface area contributed by atoms with Crippen LogP contribution in [-0.4, -0.2) is 37.5 Å². The molecule has 1 rings (SSSR count). The van der Waals surface area contributed by atoms with E-state index < -0.39 is 0 Å². The predicted molar refractivity (Wildman–Crippen MR) is 62.7 cm³/mol. The molecule has 1 N–H and O–H groups in total. The summed E-state index contributed by atoms with van der Waals surface area (Å²) in [5, 5.41) is 3.28. The molecule has 1 saturated heterocycles. The summed E-state index contributed by atoms with van der Waals surface area (Å²) in [7, 11) is 1.93. The zero-order valence-electron chi connectivity index (χ0n) is 10.3. The molecule has 0 aromatic rings. The zero-order chi connectivity index (χ0) is 11.3. The lowest BCUT2D eigenvalue weighted by molar-refractivity contribution is -0.134. The van der Waals surface area contributed by atoms with Crippen LogP contribution in [0, 0.1) is 11.8 Å². The minimum atomic E-state index is 0.205. The van der Waals surface area contributed by atoms with Crippen molar-refractivity contribution in [3.63, 3.8) is 0 Å². The molecule has 1 aliphatic heterocycles. The number of nitrogens with one attached hydrogen (secondary N) is 1. The molecule has 1 amide bonds. The van der Waals surface area contributed by atoms with E-state index in [0.29, 0.717) is 11.8 Å². The van der Waals surface area contributed by atoms with E-state index in [2.05, 4.69) is 19.2 Å². The summed E-state index contributed by atoms with van der Waals surface area (Å²) in [5.41, 5.74) is 0. The van der Waals surface area contributed by atoms with Crippen LogP contribution in [0.25, 0.3) is 0 Å². The van der Waals surface area contributed by atoms with Gasteiger partial charge >= 0.3 is 0 Å². The van der Waals surface area contributed by atoms with Gasteiger partial charge in [-0.05, 0) is 18.9 Å². The number of carbonyl (C=O) groups is 1. The Morgan fingerprint density at radius 1 is 1.40 bits per heavy atom. The first kappa shape index (κ1) is 12.5. The molecule has 0 aromatic carbocycles. The van der Waals surface area contributed by atoms with Crippen LogP contribution >= 0.6 is 0 Å². The Labute approximate surface area is 93.2 Å². The SMILES string of the molecule is CCCCCN(C)C(=O)C1CNCC1C. The number of rotatable bonds is 5. The van der Waals surface area contributed by atoms with Crippen LogP contribution < -0.4 is 5.32 Å². The van der Waals surface area contributed by atoms with Gasteiger partial charge in [0.2, 0.25) is 5.91 Å². The maximum absolute atomic E-state index is 12.0. The monoisotopic (exact) mass is 212 g/mol. The van der Waals surface area contributed by atoms with Crippen molar-refractivity contribution in [2.75, 3.05) is 26.7 Å². The van der Waals surface area contributed by atoms with Crippen LogP contribution in [0.1, 0.15) is 33.1 Å². The van der Waals surface area contributed by atoms with Gasteiger partial charge in [-0.2, -0.15) is 0 Å². The maximum atomic E-state index is 12.0. The van der Waals surface area contributed by atoms with Crippen LogP contribution in [-0.2, 0) is 4.79 Å². The van der Waals surface area contributed by atoms with Crippen molar-refractivity contribution in [3.8, 4) is 0 Å². The van der Waals surface area contributed by atoms with E-state index in [1.165, 1.54) is 12.8 Å². The van der Waals surface area contributed by atoms with E-state index in [4.69, 9.17) is 0 Å². The Hall–Kier alpha value is -0.570. The van der Waals surface area contributed by atoms with Crippen LogP contribution in [0.4, 0.5) is 0 Å². The molecule has 3 nitrogen and oxygen atoms in total. The number of hydrogen-bond donors (Lipinski definition) is 1. The second-order valence-corrected chi connectivity index (χ2v) is 4.71. The van der Waals surface area contributed by atoms with Crippen molar-refractivity contribution in [3.05, 3.63) is 0 Å². The van der Waals surface area contributed by atoms with E-state index in [-0.39, 0.29) is 5.92 Å². The molecule has 2 atom stereocenters. The topological polar surface area (TPSA) is 32.3 Å². The van der Waals surface area contributed by atoms with Crippen LogP contribution in [0.5, 0.6) is 0 Å². The molecular weight excluding hydrogens is 188 g/mol. The molecule has 2 unspecified atom stereocenters. The molecule has 0 aliphatic carbocycles. The van der Waals surface area contributed by atoms with Gasteiger partial charge in [-0.1, -0.05) is 26.7 Å². The summed E-state index contributed by atoms with van der Waals surface area (Å²) in [6.45, 7) is 7.10. The Morgan fingerprint density at radius 2 is 2.13 bits per heavy atom. The fourth-order valence-corrected chi connectivity index (χ4v) is 2.13. The molecule has 0 radical (unpaired) electrons. The highest BCUT2D eigenvalue weighted by atomic mass is 16.2. The maximum Gasteiger partial charge on any atom is 0.227 e. The third-order valence-electron chi connectivity index (χ3n) is 3.31. The molecule has 0 spiro atoms. The van der Waals surface area contributed by atoms with Crippen molar-refractivity contribution in [2.45, 2.75) is 33.1 Å². The van der Waals surface area contributed by atoms with Crippen LogP contribution in [0.2, 0.25) is 0 Å². The fourth-order valence-electron chi connectivity index (χ4n) is 2.13. The van der Waals surface area contributed by atoms with Gasteiger partial charge < -0.3 is 10.2 Å². The Bertz CT molecular complexity index is 206. The van der Waals surface area contributed by atoms with Gasteiger partial charge in [0.05, 0.1) is 5.92 Å². The highest BCUT2D eigenvalue weighted by molar-refractivity contribution is 5.79. The molecule has 3 heteroatoms. The van der Waals surface area contributed by atoms with Crippen molar-refractivity contribution in [2.24, 2.45) is 11.8 Å². The van der Waals surface area contributed by atoms with Gasteiger partial charge in [0, 0.05) is 20.1 Å².